The van der Waals surface area contributed by atoms with Crippen LogP contribution in [0, 0.1) is 0 Å². The van der Waals surface area contributed by atoms with E-state index in [4.69, 9.17) is 5.73 Å². The molecule has 0 spiro atoms. The lowest BCUT2D eigenvalue weighted by Crippen LogP contribution is -2.60. The molecule has 1 fully saturated rings. The molecule has 1 aliphatic rings. The third-order valence-corrected chi connectivity index (χ3v) is 3.35. The standard InChI is InChI=1S/C14H24N4/c1-13(2)7-11(8-14(3,4)18-13)17-10-5-6-12(15)16-9-10/h5-6,9,11,17-18H,7-8H2,1-4H3,(H2,15,16). The van der Waals surface area contributed by atoms with Gasteiger partial charge in [0.05, 0.1) is 11.9 Å². The highest BCUT2D eigenvalue weighted by atomic mass is 15.1. The van der Waals surface area contributed by atoms with Crippen LogP contribution in [0.3, 0.4) is 0 Å². The predicted octanol–water partition coefficient (Wildman–Crippen LogP) is 2.38. The molecule has 4 nitrogen and oxygen atoms in total. The van der Waals surface area contributed by atoms with E-state index in [2.05, 4.69) is 43.3 Å². The van der Waals surface area contributed by atoms with Gasteiger partial charge in [-0.3, -0.25) is 0 Å². The van der Waals surface area contributed by atoms with Crippen LogP contribution in [-0.4, -0.2) is 22.1 Å². The molecule has 0 atom stereocenters. The second-order valence-electron chi connectivity index (χ2n) is 6.61. The predicted molar refractivity (Wildman–Crippen MR) is 76.6 cm³/mol. The molecule has 0 saturated carbocycles. The van der Waals surface area contributed by atoms with Gasteiger partial charge in [0.2, 0.25) is 0 Å². The van der Waals surface area contributed by atoms with Gasteiger partial charge in [0.15, 0.2) is 0 Å². The lowest BCUT2D eigenvalue weighted by molar-refractivity contribution is 0.170. The molecule has 0 radical (unpaired) electrons. The number of nitrogens with zero attached hydrogens (tertiary/aromatic N) is 1. The van der Waals surface area contributed by atoms with Crippen LogP contribution in [0.25, 0.3) is 0 Å². The molecule has 2 rings (SSSR count). The van der Waals surface area contributed by atoms with Crippen LogP contribution in [0.2, 0.25) is 0 Å². The molecule has 1 aliphatic heterocycles. The molecular formula is C14H24N4. The Morgan fingerprint density at radius 3 is 2.33 bits per heavy atom. The molecule has 0 unspecified atom stereocenters. The van der Waals surface area contributed by atoms with E-state index >= 15 is 0 Å². The molecule has 0 amide bonds. The van der Waals surface area contributed by atoms with Crippen molar-refractivity contribution in [3.8, 4) is 0 Å². The van der Waals surface area contributed by atoms with E-state index in [1.165, 1.54) is 0 Å². The van der Waals surface area contributed by atoms with E-state index in [1.54, 1.807) is 6.20 Å². The van der Waals surface area contributed by atoms with Crippen LogP contribution in [0.1, 0.15) is 40.5 Å². The van der Waals surface area contributed by atoms with Crippen molar-refractivity contribution in [2.75, 3.05) is 11.1 Å². The molecule has 4 N–H and O–H groups in total. The van der Waals surface area contributed by atoms with Crippen molar-refractivity contribution in [3.63, 3.8) is 0 Å². The molecule has 18 heavy (non-hydrogen) atoms. The molecule has 0 bridgehead atoms. The van der Waals surface area contributed by atoms with Gasteiger partial charge in [-0.05, 0) is 52.7 Å². The molecular weight excluding hydrogens is 224 g/mol. The smallest absolute Gasteiger partial charge is 0.123 e. The van der Waals surface area contributed by atoms with Crippen molar-refractivity contribution >= 4 is 11.5 Å². The van der Waals surface area contributed by atoms with Gasteiger partial charge in [-0.2, -0.15) is 0 Å². The van der Waals surface area contributed by atoms with Crippen LogP contribution in [0.15, 0.2) is 18.3 Å². The van der Waals surface area contributed by atoms with Gasteiger partial charge >= 0.3 is 0 Å². The third-order valence-electron chi connectivity index (χ3n) is 3.35. The van der Waals surface area contributed by atoms with E-state index in [9.17, 15) is 0 Å². The number of nitrogens with one attached hydrogen (secondary N) is 2. The van der Waals surface area contributed by atoms with Crippen molar-refractivity contribution in [2.45, 2.75) is 57.7 Å². The van der Waals surface area contributed by atoms with Crippen LogP contribution >= 0.6 is 0 Å². The van der Waals surface area contributed by atoms with Gasteiger partial charge < -0.3 is 16.4 Å². The second-order valence-corrected chi connectivity index (χ2v) is 6.61. The minimum absolute atomic E-state index is 0.153. The van der Waals surface area contributed by atoms with Crippen LogP contribution in [0.4, 0.5) is 11.5 Å². The summed E-state index contributed by atoms with van der Waals surface area (Å²) in [6.45, 7) is 9.02. The minimum Gasteiger partial charge on any atom is -0.384 e. The van der Waals surface area contributed by atoms with Crippen molar-refractivity contribution in [2.24, 2.45) is 0 Å². The Hall–Kier alpha value is -1.29. The number of nitrogen functional groups attached to an aromatic ring is 1. The highest BCUT2D eigenvalue weighted by Gasteiger charge is 2.37. The first kappa shape index (κ1) is 13.1. The van der Waals surface area contributed by atoms with E-state index in [1.807, 2.05) is 12.1 Å². The Bertz CT molecular complexity index is 392. The van der Waals surface area contributed by atoms with Crippen LogP contribution < -0.4 is 16.4 Å². The van der Waals surface area contributed by atoms with Crippen molar-refractivity contribution in [3.05, 3.63) is 18.3 Å². The Labute approximate surface area is 109 Å². The Morgan fingerprint density at radius 1 is 1.22 bits per heavy atom. The van der Waals surface area contributed by atoms with E-state index in [-0.39, 0.29) is 11.1 Å². The Morgan fingerprint density at radius 2 is 1.83 bits per heavy atom. The van der Waals surface area contributed by atoms with Gasteiger partial charge in [-0.25, -0.2) is 4.98 Å². The summed E-state index contributed by atoms with van der Waals surface area (Å²) < 4.78 is 0. The maximum atomic E-state index is 5.60. The summed E-state index contributed by atoms with van der Waals surface area (Å²) in [5.41, 5.74) is 6.95. The van der Waals surface area contributed by atoms with E-state index < -0.39 is 0 Å². The van der Waals surface area contributed by atoms with Crippen molar-refractivity contribution in [1.29, 1.82) is 0 Å². The molecule has 1 aromatic rings. The minimum atomic E-state index is 0.153. The fourth-order valence-electron chi connectivity index (χ4n) is 3.15. The summed E-state index contributed by atoms with van der Waals surface area (Å²) in [4.78, 5) is 4.12. The molecule has 1 aromatic heterocycles. The van der Waals surface area contributed by atoms with Crippen LogP contribution in [-0.2, 0) is 0 Å². The number of anilines is 2. The third kappa shape index (κ3) is 3.35. The highest BCUT2D eigenvalue weighted by Crippen LogP contribution is 2.30. The second kappa shape index (κ2) is 4.43. The summed E-state index contributed by atoms with van der Waals surface area (Å²) in [7, 11) is 0. The van der Waals surface area contributed by atoms with Gasteiger partial charge in [0.25, 0.3) is 0 Å². The Balaban J connectivity index is 2.07. The fraction of sp³-hybridized carbons (Fsp3) is 0.643. The van der Waals surface area contributed by atoms with Crippen LogP contribution in [0.5, 0.6) is 0 Å². The largest absolute Gasteiger partial charge is 0.384 e. The molecule has 100 valence electrons. The number of hydrogen-bond donors (Lipinski definition) is 3. The summed E-state index contributed by atoms with van der Waals surface area (Å²) in [5, 5.41) is 7.24. The number of nitrogens with two attached hydrogens (primary N) is 1. The normalized spacial score (nSPS) is 22.7. The maximum absolute atomic E-state index is 5.60. The number of piperidine rings is 1. The summed E-state index contributed by atoms with van der Waals surface area (Å²) in [5.74, 6) is 0.562. The number of rotatable bonds is 2. The van der Waals surface area contributed by atoms with Gasteiger partial charge in [-0.15, -0.1) is 0 Å². The molecule has 0 aliphatic carbocycles. The summed E-state index contributed by atoms with van der Waals surface area (Å²) in [6, 6.07) is 4.28. The van der Waals surface area contributed by atoms with Crippen molar-refractivity contribution < 1.29 is 0 Å². The quantitative estimate of drug-likeness (QED) is 0.752. The molecule has 2 heterocycles. The first-order valence-corrected chi connectivity index (χ1v) is 6.53. The molecule has 0 aromatic carbocycles. The topological polar surface area (TPSA) is 63.0 Å². The van der Waals surface area contributed by atoms with Crippen molar-refractivity contribution in [1.82, 2.24) is 10.3 Å². The summed E-state index contributed by atoms with van der Waals surface area (Å²) in [6.07, 6.45) is 4.00. The zero-order valence-electron chi connectivity index (χ0n) is 11.7. The zero-order valence-corrected chi connectivity index (χ0v) is 11.7. The van der Waals surface area contributed by atoms with E-state index in [0.717, 1.165) is 18.5 Å². The molecule has 1 saturated heterocycles. The van der Waals surface area contributed by atoms with E-state index in [0.29, 0.717) is 11.9 Å². The maximum Gasteiger partial charge on any atom is 0.123 e. The average Bonchev–Trinajstić information content (AvgIpc) is 2.16. The van der Waals surface area contributed by atoms with Gasteiger partial charge in [-0.1, -0.05) is 0 Å². The SMILES string of the molecule is CC1(C)CC(Nc2ccc(N)nc2)CC(C)(C)N1. The molecule has 4 heteroatoms. The number of hydrogen-bond acceptors (Lipinski definition) is 4. The highest BCUT2D eigenvalue weighted by molar-refractivity contribution is 5.46. The lowest BCUT2D eigenvalue weighted by Gasteiger charge is -2.46. The zero-order chi connectivity index (χ0) is 13.4. The van der Waals surface area contributed by atoms with Gasteiger partial charge in [0.1, 0.15) is 5.82 Å². The Kier molecular flexibility index (Phi) is 3.23. The average molecular weight is 248 g/mol. The number of pyridine rings is 1. The number of aromatic nitrogens is 1. The first-order chi connectivity index (χ1) is 8.26. The first-order valence-electron chi connectivity index (χ1n) is 6.53. The fourth-order valence-corrected chi connectivity index (χ4v) is 3.15. The monoisotopic (exact) mass is 248 g/mol. The van der Waals surface area contributed by atoms with Gasteiger partial charge in [0, 0.05) is 17.1 Å². The summed E-state index contributed by atoms with van der Waals surface area (Å²) >= 11 is 0. The lowest BCUT2D eigenvalue weighted by atomic mass is 9.79.